The molecular formula is C20H21F3N2O5S. The number of hydrogen-bond donors (Lipinski definition) is 2. The molecule has 31 heavy (non-hydrogen) atoms. The van der Waals surface area contributed by atoms with Crippen molar-refractivity contribution >= 4 is 22.0 Å². The van der Waals surface area contributed by atoms with E-state index in [2.05, 4.69) is 14.8 Å². The highest BCUT2D eigenvalue weighted by molar-refractivity contribution is 7.89. The maximum atomic E-state index is 12.1. The summed E-state index contributed by atoms with van der Waals surface area (Å²) in [5, 5.41) is 2.62. The van der Waals surface area contributed by atoms with Gasteiger partial charge in [-0.2, -0.15) is 13.2 Å². The number of rotatable bonds is 9. The molecule has 168 valence electrons. The topological polar surface area (TPSA) is 93.7 Å². The van der Waals surface area contributed by atoms with Gasteiger partial charge in [-0.15, -0.1) is 0 Å². The predicted octanol–water partition coefficient (Wildman–Crippen LogP) is 2.87. The summed E-state index contributed by atoms with van der Waals surface area (Å²) in [5.41, 5.74) is 1.13. The van der Waals surface area contributed by atoms with Crippen LogP contribution in [-0.2, 0) is 21.4 Å². The van der Waals surface area contributed by atoms with Crippen LogP contribution in [0.15, 0.2) is 53.4 Å². The molecule has 7 nitrogen and oxygen atoms in total. The number of carbonyl (C=O) groups is 1. The number of hydrogen-bond acceptors (Lipinski definition) is 5. The van der Waals surface area contributed by atoms with E-state index in [0.29, 0.717) is 11.1 Å². The minimum atomic E-state index is -4.42. The van der Waals surface area contributed by atoms with Crippen molar-refractivity contribution in [2.24, 2.45) is 0 Å². The molecular weight excluding hydrogens is 437 g/mol. The molecule has 0 heterocycles. The summed E-state index contributed by atoms with van der Waals surface area (Å²) in [6.45, 7) is -1.23. The zero-order chi connectivity index (χ0) is 23.1. The number of amides is 1. The molecule has 0 radical (unpaired) electrons. The molecule has 2 N–H and O–H groups in total. The highest BCUT2D eigenvalue weighted by Gasteiger charge is 2.28. The molecule has 0 bridgehead atoms. The van der Waals surface area contributed by atoms with Crippen molar-refractivity contribution in [2.45, 2.75) is 17.6 Å². The summed E-state index contributed by atoms with van der Waals surface area (Å²) in [7, 11) is -1.12. The first-order valence-electron chi connectivity index (χ1n) is 8.90. The molecule has 0 atom stereocenters. The Kier molecular flexibility index (Phi) is 8.06. The Morgan fingerprint density at radius 2 is 1.81 bits per heavy atom. The molecule has 0 aliphatic carbocycles. The third-order valence-corrected chi connectivity index (χ3v) is 5.40. The van der Waals surface area contributed by atoms with Crippen LogP contribution in [0.5, 0.6) is 11.5 Å². The molecule has 2 aromatic carbocycles. The van der Waals surface area contributed by atoms with Crippen molar-refractivity contribution in [1.29, 1.82) is 0 Å². The predicted molar refractivity (Wildman–Crippen MR) is 108 cm³/mol. The van der Waals surface area contributed by atoms with Gasteiger partial charge >= 0.3 is 6.18 Å². The van der Waals surface area contributed by atoms with Gasteiger partial charge in [-0.05, 0) is 48.5 Å². The molecule has 0 aromatic heterocycles. The van der Waals surface area contributed by atoms with Gasteiger partial charge in [0.15, 0.2) is 6.61 Å². The van der Waals surface area contributed by atoms with Crippen molar-refractivity contribution in [1.82, 2.24) is 10.0 Å². The third kappa shape index (κ3) is 7.61. The lowest BCUT2D eigenvalue weighted by molar-refractivity contribution is -0.153. The summed E-state index contributed by atoms with van der Waals surface area (Å²) in [4.78, 5) is 12.0. The quantitative estimate of drug-likeness (QED) is 0.564. The Hall–Kier alpha value is -3.05. The van der Waals surface area contributed by atoms with E-state index >= 15 is 0 Å². The summed E-state index contributed by atoms with van der Waals surface area (Å²) < 4.78 is 72.5. The molecule has 0 fully saturated rings. The number of halogens is 3. The first kappa shape index (κ1) is 24.2. The van der Waals surface area contributed by atoms with Gasteiger partial charge in [-0.1, -0.05) is 18.2 Å². The number of carbonyl (C=O) groups excluding carboxylic acids is 1. The number of ether oxygens (including phenoxy) is 2. The molecule has 0 unspecified atom stereocenters. The average molecular weight is 458 g/mol. The van der Waals surface area contributed by atoms with Crippen LogP contribution in [0.1, 0.15) is 11.1 Å². The van der Waals surface area contributed by atoms with Crippen molar-refractivity contribution in [2.75, 3.05) is 20.8 Å². The van der Waals surface area contributed by atoms with Crippen LogP contribution in [0.4, 0.5) is 13.2 Å². The van der Waals surface area contributed by atoms with Gasteiger partial charge in [-0.25, -0.2) is 13.1 Å². The number of methoxy groups -OCH3 is 1. The maximum Gasteiger partial charge on any atom is 0.422 e. The van der Waals surface area contributed by atoms with E-state index in [1.54, 1.807) is 6.07 Å². The van der Waals surface area contributed by atoms with E-state index in [-0.39, 0.29) is 22.9 Å². The van der Waals surface area contributed by atoms with Gasteiger partial charge in [0, 0.05) is 12.6 Å². The van der Waals surface area contributed by atoms with Crippen molar-refractivity contribution in [3.05, 3.63) is 59.7 Å². The SMILES string of the molecule is CNS(=O)(=O)c1cc(/C=C/C(=O)NCc2ccc(OCC(F)(F)F)cc2)ccc1OC. The second-order valence-electron chi connectivity index (χ2n) is 6.22. The van der Waals surface area contributed by atoms with Crippen molar-refractivity contribution in [3.63, 3.8) is 0 Å². The summed E-state index contributed by atoms with van der Waals surface area (Å²) in [6, 6.07) is 10.3. The third-order valence-electron chi connectivity index (χ3n) is 3.97. The van der Waals surface area contributed by atoms with E-state index in [1.807, 2.05) is 0 Å². The molecule has 0 saturated carbocycles. The number of alkyl halides is 3. The second kappa shape index (κ2) is 10.3. The lowest BCUT2D eigenvalue weighted by Crippen LogP contribution is -2.20. The van der Waals surface area contributed by atoms with Crippen LogP contribution in [0.25, 0.3) is 6.08 Å². The fraction of sp³-hybridized carbons (Fsp3) is 0.250. The van der Waals surface area contributed by atoms with Crippen LogP contribution in [-0.4, -0.2) is 41.3 Å². The first-order chi connectivity index (χ1) is 14.5. The molecule has 11 heteroatoms. The Balaban J connectivity index is 1.96. The minimum Gasteiger partial charge on any atom is -0.495 e. The molecule has 0 aliphatic heterocycles. The fourth-order valence-corrected chi connectivity index (χ4v) is 3.33. The smallest absolute Gasteiger partial charge is 0.422 e. The average Bonchev–Trinajstić information content (AvgIpc) is 2.74. The standard InChI is InChI=1S/C20H21F3N2O5S/c1-24-31(27,28)18-11-14(5-9-17(18)29-2)6-10-19(26)25-12-15-3-7-16(8-4-15)30-13-20(21,22)23/h3-11,24H,12-13H2,1-2H3,(H,25,26)/b10-6+. The molecule has 0 saturated heterocycles. The molecule has 2 aromatic rings. The second-order valence-corrected chi connectivity index (χ2v) is 8.07. The van der Waals surface area contributed by atoms with Crippen molar-refractivity contribution < 1.29 is 35.9 Å². The van der Waals surface area contributed by atoms with Gasteiger partial charge in [0.1, 0.15) is 16.4 Å². The van der Waals surface area contributed by atoms with Gasteiger partial charge < -0.3 is 14.8 Å². The minimum absolute atomic E-state index is 0.0621. The normalized spacial score (nSPS) is 12.0. The van der Waals surface area contributed by atoms with E-state index in [4.69, 9.17) is 4.74 Å². The highest BCUT2D eigenvalue weighted by Crippen LogP contribution is 2.25. The van der Waals surface area contributed by atoms with Gasteiger partial charge in [0.05, 0.1) is 7.11 Å². The lowest BCUT2D eigenvalue weighted by atomic mass is 10.2. The molecule has 2 rings (SSSR count). The maximum absolute atomic E-state index is 12.1. The lowest BCUT2D eigenvalue weighted by Gasteiger charge is -2.10. The van der Waals surface area contributed by atoms with E-state index in [0.717, 1.165) is 0 Å². The van der Waals surface area contributed by atoms with Crippen LogP contribution in [0.2, 0.25) is 0 Å². The number of nitrogens with one attached hydrogen (secondary N) is 2. The number of benzene rings is 2. The summed E-state index contributed by atoms with van der Waals surface area (Å²) in [6.07, 6.45) is -1.74. The van der Waals surface area contributed by atoms with E-state index in [9.17, 15) is 26.4 Å². The van der Waals surface area contributed by atoms with Gasteiger partial charge in [0.25, 0.3) is 0 Å². The molecule has 0 spiro atoms. The largest absolute Gasteiger partial charge is 0.495 e. The van der Waals surface area contributed by atoms with Crippen LogP contribution in [0.3, 0.4) is 0 Å². The Morgan fingerprint density at radius 1 is 1.13 bits per heavy atom. The fourth-order valence-electron chi connectivity index (χ4n) is 2.41. The Bertz CT molecular complexity index is 1040. The zero-order valence-corrected chi connectivity index (χ0v) is 17.5. The van der Waals surface area contributed by atoms with E-state index in [1.165, 1.54) is 62.7 Å². The summed E-state index contributed by atoms with van der Waals surface area (Å²) in [5.74, 6) is -0.205. The van der Waals surface area contributed by atoms with Crippen LogP contribution >= 0.6 is 0 Å². The monoisotopic (exact) mass is 458 g/mol. The zero-order valence-electron chi connectivity index (χ0n) is 16.7. The highest BCUT2D eigenvalue weighted by atomic mass is 32.2. The van der Waals surface area contributed by atoms with Crippen molar-refractivity contribution in [3.8, 4) is 11.5 Å². The summed E-state index contributed by atoms with van der Waals surface area (Å²) >= 11 is 0. The van der Waals surface area contributed by atoms with E-state index < -0.39 is 28.7 Å². The van der Waals surface area contributed by atoms with Gasteiger partial charge in [0.2, 0.25) is 15.9 Å². The first-order valence-corrected chi connectivity index (χ1v) is 10.4. The van der Waals surface area contributed by atoms with Crippen LogP contribution < -0.4 is 19.5 Å². The number of sulfonamides is 1. The molecule has 0 aliphatic rings. The van der Waals surface area contributed by atoms with Crippen LogP contribution in [0, 0.1) is 0 Å². The Morgan fingerprint density at radius 3 is 2.39 bits per heavy atom. The Labute approximate surface area is 177 Å². The van der Waals surface area contributed by atoms with Gasteiger partial charge in [-0.3, -0.25) is 4.79 Å². The molecule has 1 amide bonds.